The van der Waals surface area contributed by atoms with Gasteiger partial charge < -0.3 is 15.5 Å². The van der Waals surface area contributed by atoms with Crippen LogP contribution in [-0.4, -0.2) is 34.6 Å². The standard InChI is InChI=1S/C13H13NO5/c15-11-5-9(13(18)19)10(6-14-11)7-1-3-8(4-2-7)12(16)17/h1-4,9-10H,5-6H2,(H,14,15)(H,16,17)(H,18,19). The molecule has 2 rings (SSSR count). The minimum atomic E-state index is -1.03. The van der Waals surface area contributed by atoms with Gasteiger partial charge in [0, 0.05) is 18.9 Å². The largest absolute Gasteiger partial charge is 0.481 e. The molecule has 1 amide bonds. The third-order valence-corrected chi connectivity index (χ3v) is 3.31. The smallest absolute Gasteiger partial charge is 0.335 e. The summed E-state index contributed by atoms with van der Waals surface area (Å²) in [5.41, 5.74) is 0.868. The highest BCUT2D eigenvalue weighted by Crippen LogP contribution is 2.30. The predicted octanol–water partition coefficient (Wildman–Crippen LogP) is 0.689. The third-order valence-electron chi connectivity index (χ3n) is 3.31. The molecule has 2 atom stereocenters. The second-order valence-electron chi connectivity index (χ2n) is 4.49. The first kappa shape index (κ1) is 13.1. The molecule has 1 aromatic rings. The van der Waals surface area contributed by atoms with Crippen molar-refractivity contribution in [2.24, 2.45) is 5.92 Å². The van der Waals surface area contributed by atoms with Crippen LogP contribution in [0.3, 0.4) is 0 Å². The Kier molecular flexibility index (Phi) is 3.50. The Bertz CT molecular complexity index is 522. The molecule has 19 heavy (non-hydrogen) atoms. The van der Waals surface area contributed by atoms with Gasteiger partial charge in [0.25, 0.3) is 0 Å². The second-order valence-corrected chi connectivity index (χ2v) is 4.49. The van der Waals surface area contributed by atoms with Gasteiger partial charge in [0.2, 0.25) is 5.91 Å². The van der Waals surface area contributed by atoms with Gasteiger partial charge in [0.05, 0.1) is 11.5 Å². The Morgan fingerprint density at radius 1 is 1.16 bits per heavy atom. The number of nitrogens with one attached hydrogen (secondary N) is 1. The van der Waals surface area contributed by atoms with E-state index in [1.54, 1.807) is 12.1 Å². The first-order valence-corrected chi connectivity index (χ1v) is 5.82. The molecule has 0 aliphatic carbocycles. The van der Waals surface area contributed by atoms with Gasteiger partial charge in [-0.25, -0.2) is 4.79 Å². The molecule has 0 saturated carbocycles. The number of rotatable bonds is 3. The maximum Gasteiger partial charge on any atom is 0.335 e. The number of hydrogen-bond acceptors (Lipinski definition) is 3. The molecule has 1 heterocycles. The molecule has 1 aliphatic rings. The summed E-state index contributed by atoms with van der Waals surface area (Å²) in [5, 5.41) is 20.6. The monoisotopic (exact) mass is 263 g/mol. The number of hydrogen-bond donors (Lipinski definition) is 3. The van der Waals surface area contributed by atoms with E-state index in [0.717, 1.165) is 5.56 Å². The fourth-order valence-corrected chi connectivity index (χ4v) is 2.26. The predicted molar refractivity (Wildman–Crippen MR) is 64.9 cm³/mol. The highest BCUT2D eigenvalue weighted by atomic mass is 16.4. The summed E-state index contributed by atoms with van der Waals surface area (Å²) in [6.45, 7) is 0.252. The van der Waals surface area contributed by atoms with Crippen molar-refractivity contribution in [3.8, 4) is 0 Å². The molecule has 0 spiro atoms. The maximum atomic E-state index is 11.2. The van der Waals surface area contributed by atoms with Gasteiger partial charge in [-0.15, -0.1) is 0 Å². The van der Waals surface area contributed by atoms with Crippen LogP contribution in [-0.2, 0) is 9.59 Å². The topological polar surface area (TPSA) is 104 Å². The average molecular weight is 263 g/mol. The first-order chi connectivity index (χ1) is 8.99. The average Bonchev–Trinajstić information content (AvgIpc) is 2.38. The Hall–Kier alpha value is -2.37. The molecule has 100 valence electrons. The molecule has 1 aromatic carbocycles. The van der Waals surface area contributed by atoms with E-state index in [4.69, 9.17) is 10.2 Å². The zero-order valence-corrected chi connectivity index (χ0v) is 10.00. The molecule has 6 heteroatoms. The highest BCUT2D eigenvalue weighted by molar-refractivity contribution is 5.88. The van der Waals surface area contributed by atoms with Crippen LogP contribution in [0.2, 0.25) is 0 Å². The summed E-state index contributed by atoms with van der Waals surface area (Å²) >= 11 is 0. The lowest BCUT2D eigenvalue weighted by atomic mass is 9.81. The van der Waals surface area contributed by atoms with Crippen molar-refractivity contribution in [1.29, 1.82) is 0 Å². The normalized spacial score (nSPS) is 22.6. The molecule has 6 nitrogen and oxygen atoms in total. The lowest BCUT2D eigenvalue weighted by molar-refractivity contribution is -0.146. The molecule has 2 unspecified atom stereocenters. The number of carbonyl (C=O) groups is 3. The molecule has 0 bridgehead atoms. The second kappa shape index (κ2) is 5.09. The van der Waals surface area contributed by atoms with E-state index >= 15 is 0 Å². The molecule has 0 radical (unpaired) electrons. The van der Waals surface area contributed by atoms with Crippen LogP contribution >= 0.6 is 0 Å². The Morgan fingerprint density at radius 2 is 1.79 bits per heavy atom. The Morgan fingerprint density at radius 3 is 2.32 bits per heavy atom. The van der Waals surface area contributed by atoms with E-state index < -0.39 is 17.9 Å². The summed E-state index contributed by atoms with van der Waals surface area (Å²) in [6, 6.07) is 6.07. The van der Waals surface area contributed by atoms with E-state index in [0.29, 0.717) is 0 Å². The molecule has 3 N–H and O–H groups in total. The Balaban J connectivity index is 2.25. The molecule has 1 saturated heterocycles. The SMILES string of the molecule is O=C1CC(C(=O)O)C(c2ccc(C(=O)O)cc2)CN1. The lowest BCUT2D eigenvalue weighted by Crippen LogP contribution is -2.42. The third kappa shape index (κ3) is 2.73. The molecular formula is C13H13NO5. The number of amides is 1. The number of benzene rings is 1. The minimum absolute atomic E-state index is 0.0549. The number of aliphatic carboxylic acids is 1. The van der Waals surface area contributed by atoms with Gasteiger partial charge >= 0.3 is 11.9 Å². The van der Waals surface area contributed by atoms with Gasteiger partial charge in [-0.3, -0.25) is 9.59 Å². The zero-order valence-electron chi connectivity index (χ0n) is 10.00. The van der Waals surface area contributed by atoms with Crippen molar-refractivity contribution in [3.63, 3.8) is 0 Å². The maximum absolute atomic E-state index is 11.2. The summed E-state index contributed by atoms with van der Waals surface area (Å²) in [5.74, 6) is -3.42. The van der Waals surface area contributed by atoms with E-state index in [2.05, 4.69) is 5.32 Å². The van der Waals surface area contributed by atoms with Crippen LogP contribution in [0.1, 0.15) is 28.3 Å². The van der Waals surface area contributed by atoms with E-state index in [9.17, 15) is 14.4 Å². The van der Waals surface area contributed by atoms with Crippen molar-refractivity contribution in [2.45, 2.75) is 12.3 Å². The highest BCUT2D eigenvalue weighted by Gasteiger charge is 2.35. The number of aromatic carboxylic acids is 1. The van der Waals surface area contributed by atoms with E-state index in [1.807, 2.05) is 0 Å². The van der Waals surface area contributed by atoms with Gasteiger partial charge in [0.15, 0.2) is 0 Å². The van der Waals surface area contributed by atoms with Crippen LogP contribution in [0.25, 0.3) is 0 Å². The zero-order chi connectivity index (χ0) is 14.0. The van der Waals surface area contributed by atoms with Crippen LogP contribution in [0.15, 0.2) is 24.3 Å². The summed E-state index contributed by atoms with van der Waals surface area (Å²) in [4.78, 5) is 33.2. The van der Waals surface area contributed by atoms with Gasteiger partial charge in [0.1, 0.15) is 0 Å². The van der Waals surface area contributed by atoms with Crippen molar-refractivity contribution in [1.82, 2.24) is 5.32 Å². The van der Waals surface area contributed by atoms with E-state index in [-0.39, 0.29) is 30.4 Å². The van der Waals surface area contributed by atoms with Crippen LogP contribution < -0.4 is 5.32 Å². The van der Waals surface area contributed by atoms with E-state index in [1.165, 1.54) is 12.1 Å². The van der Waals surface area contributed by atoms with Crippen molar-refractivity contribution < 1.29 is 24.6 Å². The first-order valence-electron chi connectivity index (χ1n) is 5.82. The molecule has 1 aliphatic heterocycles. The number of piperidine rings is 1. The lowest BCUT2D eigenvalue weighted by Gasteiger charge is -2.29. The van der Waals surface area contributed by atoms with Crippen molar-refractivity contribution >= 4 is 17.8 Å². The summed E-state index contributed by atoms with van der Waals surface area (Å²) < 4.78 is 0. The number of carboxylic acids is 2. The molecular weight excluding hydrogens is 250 g/mol. The number of carboxylic acid groups (broad SMARTS) is 2. The van der Waals surface area contributed by atoms with Crippen LogP contribution in [0.5, 0.6) is 0 Å². The number of carbonyl (C=O) groups excluding carboxylic acids is 1. The van der Waals surface area contributed by atoms with Gasteiger partial charge in [-0.2, -0.15) is 0 Å². The van der Waals surface area contributed by atoms with Crippen LogP contribution in [0, 0.1) is 5.92 Å². The molecule has 0 aromatic heterocycles. The fourth-order valence-electron chi connectivity index (χ4n) is 2.26. The summed E-state index contributed by atoms with van der Waals surface area (Å²) in [7, 11) is 0. The van der Waals surface area contributed by atoms with Crippen molar-refractivity contribution in [3.05, 3.63) is 35.4 Å². The van der Waals surface area contributed by atoms with Crippen LogP contribution in [0.4, 0.5) is 0 Å². The fraction of sp³-hybridized carbons (Fsp3) is 0.308. The molecule has 1 fully saturated rings. The van der Waals surface area contributed by atoms with Gasteiger partial charge in [-0.05, 0) is 17.7 Å². The van der Waals surface area contributed by atoms with Gasteiger partial charge in [-0.1, -0.05) is 12.1 Å². The summed E-state index contributed by atoms with van der Waals surface area (Å²) in [6.07, 6.45) is -0.0549. The minimum Gasteiger partial charge on any atom is -0.481 e. The Labute approximate surface area is 109 Å². The van der Waals surface area contributed by atoms with Crippen molar-refractivity contribution in [2.75, 3.05) is 6.54 Å². The quantitative estimate of drug-likeness (QED) is 0.744.